The summed E-state index contributed by atoms with van der Waals surface area (Å²) in [7, 11) is 0. The molecule has 0 N–H and O–H groups in total. The minimum Gasteiger partial charge on any atom is -0.329 e. The summed E-state index contributed by atoms with van der Waals surface area (Å²) in [6, 6.07) is 0. The summed E-state index contributed by atoms with van der Waals surface area (Å²) in [6.45, 7) is 3.26. The molecule has 0 aromatic heterocycles. The lowest BCUT2D eigenvalue weighted by atomic mass is 10.1. The van der Waals surface area contributed by atoms with Crippen molar-refractivity contribution in [1.29, 1.82) is 0 Å². The van der Waals surface area contributed by atoms with Gasteiger partial charge in [0.25, 0.3) is 0 Å². The molecule has 0 saturated carbocycles. The highest BCUT2D eigenvalue weighted by molar-refractivity contribution is 4.95. The normalized spacial score (nSPS) is 27.8. The van der Waals surface area contributed by atoms with Crippen LogP contribution >= 0.6 is 0 Å². The van der Waals surface area contributed by atoms with Crippen LogP contribution < -0.4 is 0 Å². The van der Waals surface area contributed by atoms with E-state index in [1.54, 1.807) is 6.92 Å². The number of hydrogen-bond donors (Lipinski definition) is 0. The number of rotatable bonds is 4. The van der Waals surface area contributed by atoms with E-state index in [4.69, 9.17) is 0 Å². The molecule has 0 aromatic rings. The highest BCUT2D eigenvalue weighted by atomic mass is 19.4. The average molecular weight is 294 g/mol. The van der Waals surface area contributed by atoms with Crippen molar-refractivity contribution in [3.63, 3.8) is 0 Å². The lowest BCUT2D eigenvalue weighted by Crippen LogP contribution is -2.58. The van der Waals surface area contributed by atoms with Gasteiger partial charge in [0.2, 0.25) is 0 Å². The highest BCUT2D eigenvalue weighted by Gasteiger charge is 2.78. The Balaban J connectivity index is 3.03. The Morgan fingerprint density at radius 1 is 0.895 bits per heavy atom. The third-order valence-electron chi connectivity index (χ3n) is 3.04. The van der Waals surface area contributed by atoms with E-state index in [0.29, 0.717) is 12.8 Å². The van der Waals surface area contributed by atoms with E-state index < -0.39 is 30.3 Å². The fourth-order valence-corrected chi connectivity index (χ4v) is 2.03. The summed E-state index contributed by atoms with van der Waals surface area (Å²) < 4.78 is 85.1. The lowest BCUT2D eigenvalue weighted by Gasteiger charge is -2.31. The van der Waals surface area contributed by atoms with Crippen LogP contribution in [0.25, 0.3) is 0 Å². The number of hydrogen-bond acceptors (Lipinski definition) is 2. The van der Waals surface area contributed by atoms with Crippen molar-refractivity contribution in [2.75, 3.05) is 0 Å². The lowest BCUT2D eigenvalue weighted by molar-refractivity contribution is -0.446. The van der Waals surface area contributed by atoms with E-state index in [0.717, 1.165) is 0 Å². The van der Waals surface area contributed by atoms with Crippen LogP contribution in [0.4, 0.5) is 26.3 Å². The summed E-state index contributed by atoms with van der Waals surface area (Å²) in [5, 5.41) is 0. The van der Waals surface area contributed by atoms with Crippen molar-refractivity contribution >= 4 is 0 Å². The maximum absolute atomic E-state index is 12.7. The fraction of sp³-hybridized carbons (Fsp3) is 1.00. The zero-order valence-electron chi connectivity index (χ0n) is 10.6. The van der Waals surface area contributed by atoms with Crippen LogP contribution in [0.1, 0.15) is 39.5 Å². The second-order valence-electron chi connectivity index (χ2n) is 4.48. The van der Waals surface area contributed by atoms with Gasteiger partial charge < -0.3 is 9.47 Å². The first-order valence-corrected chi connectivity index (χ1v) is 6.08. The molecule has 8 heteroatoms. The molecule has 1 aliphatic rings. The van der Waals surface area contributed by atoms with Crippen LogP contribution in [0.2, 0.25) is 0 Å². The molecule has 0 aliphatic carbocycles. The topological polar surface area (TPSA) is 18.5 Å². The molecule has 0 spiro atoms. The van der Waals surface area contributed by atoms with Crippen molar-refractivity contribution < 1.29 is 35.8 Å². The zero-order valence-corrected chi connectivity index (χ0v) is 10.6. The molecule has 0 unspecified atom stereocenters. The molecule has 0 radical (unpaired) electrons. The van der Waals surface area contributed by atoms with Gasteiger partial charge in [-0.3, -0.25) is 0 Å². The predicted octanol–water partition coefficient (Wildman–Crippen LogP) is 4.19. The molecule has 0 bridgehead atoms. The number of ether oxygens (including phenoxy) is 2. The number of unbranched alkanes of at least 4 members (excludes halogenated alkanes) is 1. The van der Waals surface area contributed by atoms with Crippen LogP contribution in [-0.4, -0.2) is 30.3 Å². The molecule has 1 aliphatic heterocycles. The van der Waals surface area contributed by atoms with E-state index in [1.807, 2.05) is 0 Å². The van der Waals surface area contributed by atoms with Gasteiger partial charge in [0.1, 0.15) is 0 Å². The van der Waals surface area contributed by atoms with Crippen molar-refractivity contribution in [3.8, 4) is 0 Å². The van der Waals surface area contributed by atoms with Crippen LogP contribution in [-0.2, 0) is 9.47 Å². The van der Waals surface area contributed by atoms with E-state index in [-0.39, 0.29) is 12.8 Å². The van der Waals surface area contributed by atoms with Crippen LogP contribution in [0.5, 0.6) is 0 Å². The second-order valence-corrected chi connectivity index (χ2v) is 4.48. The second kappa shape index (κ2) is 5.47. The van der Waals surface area contributed by atoms with Crippen molar-refractivity contribution in [1.82, 2.24) is 0 Å². The van der Waals surface area contributed by atoms with Gasteiger partial charge in [-0.25, -0.2) is 0 Å². The Labute approximate surface area is 107 Å². The Morgan fingerprint density at radius 2 is 1.37 bits per heavy atom. The molecule has 2 nitrogen and oxygen atoms in total. The Hall–Kier alpha value is -0.500. The Kier molecular flexibility index (Phi) is 4.77. The summed E-state index contributed by atoms with van der Waals surface area (Å²) in [5.74, 6) is -4.49. The molecule has 1 saturated heterocycles. The molecular formula is C11H16F6O2. The monoisotopic (exact) mass is 294 g/mol. The molecule has 0 amide bonds. The third kappa shape index (κ3) is 2.99. The van der Waals surface area contributed by atoms with E-state index >= 15 is 0 Å². The quantitative estimate of drug-likeness (QED) is 0.724. The van der Waals surface area contributed by atoms with Crippen molar-refractivity contribution in [2.24, 2.45) is 0 Å². The van der Waals surface area contributed by atoms with E-state index in [9.17, 15) is 26.3 Å². The minimum absolute atomic E-state index is 0.0301. The highest BCUT2D eigenvalue weighted by Crippen LogP contribution is 2.52. The average Bonchev–Trinajstić information content (AvgIpc) is 2.65. The van der Waals surface area contributed by atoms with Gasteiger partial charge in [0.15, 0.2) is 0 Å². The zero-order chi connectivity index (χ0) is 14.9. The molecule has 1 heterocycles. The van der Waals surface area contributed by atoms with E-state index in [2.05, 4.69) is 9.47 Å². The van der Waals surface area contributed by atoms with Crippen molar-refractivity contribution in [3.05, 3.63) is 0 Å². The van der Waals surface area contributed by atoms with Gasteiger partial charge in [-0.1, -0.05) is 26.7 Å². The molecule has 2 atom stereocenters. The molecule has 114 valence electrons. The smallest absolute Gasteiger partial charge is 0.329 e. The van der Waals surface area contributed by atoms with Gasteiger partial charge in [-0.15, -0.1) is 0 Å². The van der Waals surface area contributed by atoms with Crippen LogP contribution in [0.3, 0.4) is 0 Å². The first-order valence-electron chi connectivity index (χ1n) is 6.08. The Morgan fingerprint density at radius 3 is 1.74 bits per heavy atom. The van der Waals surface area contributed by atoms with Crippen LogP contribution in [0, 0.1) is 0 Å². The summed E-state index contributed by atoms with van der Waals surface area (Å²) in [4.78, 5) is 0. The molecule has 0 aromatic carbocycles. The Bertz CT molecular complexity index is 285. The number of alkyl halides is 6. The fourth-order valence-electron chi connectivity index (χ4n) is 2.03. The molecule has 1 rings (SSSR count). The minimum atomic E-state index is -5.65. The standard InChI is InChI=1S/C11H16F6O2/c1-3-5-6-8-7(4-2)18-9(19-8,10(12,13)14)11(15,16)17/h7-8H,3-6H2,1-2H3/t7-,8+/m0/s1. The summed E-state index contributed by atoms with van der Waals surface area (Å²) in [6.07, 6.45) is -12.4. The largest absolute Gasteiger partial charge is 0.453 e. The van der Waals surface area contributed by atoms with Gasteiger partial charge in [0, 0.05) is 0 Å². The first kappa shape index (κ1) is 16.6. The third-order valence-corrected chi connectivity index (χ3v) is 3.04. The molecule has 1 fully saturated rings. The van der Waals surface area contributed by atoms with Gasteiger partial charge in [0.05, 0.1) is 12.2 Å². The van der Waals surface area contributed by atoms with Gasteiger partial charge in [-0.05, 0) is 12.8 Å². The van der Waals surface area contributed by atoms with Crippen LogP contribution in [0.15, 0.2) is 0 Å². The van der Waals surface area contributed by atoms with Crippen molar-refractivity contribution in [2.45, 2.75) is 69.9 Å². The first-order chi connectivity index (χ1) is 8.59. The SMILES string of the molecule is CCCC[C@H]1OC(C(F)(F)F)(C(F)(F)F)O[C@H]1CC. The van der Waals surface area contributed by atoms with Gasteiger partial charge in [-0.2, -0.15) is 26.3 Å². The number of halogens is 6. The maximum Gasteiger partial charge on any atom is 0.453 e. The summed E-state index contributed by atoms with van der Waals surface area (Å²) >= 11 is 0. The van der Waals surface area contributed by atoms with Gasteiger partial charge >= 0.3 is 18.1 Å². The predicted molar refractivity (Wildman–Crippen MR) is 54.4 cm³/mol. The molecule has 19 heavy (non-hydrogen) atoms. The van der Waals surface area contributed by atoms with E-state index in [1.165, 1.54) is 6.92 Å². The summed E-state index contributed by atoms with van der Waals surface area (Å²) in [5.41, 5.74) is 0. The maximum atomic E-state index is 12.7. The molecular weight excluding hydrogens is 278 g/mol.